The molecule has 0 bridgehead atoms. The quantitative estimate of drug-likeness (QED) is 0.356. The zero-order chi connectivity index (χ0) is 23.8. The molecule has 2 aromatic rings. The van der Waals surface area contributed by atoms with Crippen molar-refractivity contribution in [2.24, 2.45) is 0 Å². The van der Waals surface area contributed by atoms with Crippen molar-refractivity contribution in [2.75, 3.05) is 55.6 Å². The largest absolute Gasteiger partial charge is 0.372 e. The van der Waals surface area contributed by atoms with Crippen molar-refractivity contribution < 1.29 is 14.5 Å². The topological polar surface area (TPSA) is 99.0 Å². The molecule has 9 heteroatoms. The number of nitrogens with one attached hydrogen (secondary N) is 1. The highest BCUT2D eigenvalue weighted by Crippen LogP contribution is 2.30. The molecule has 0 spiro atoms. The average Bonchev–Trinajstić information content (AvgIpc) is 2.84. The number of piperazine rings is 1. The molecule has 3 rings (SSSR count). The van der Waals surface area contributed by atoms with Gasteiger partial charge in [-0.3, -0.25) is 19.7 Å². The highest BCUT2D eigenvalue weighted by Gasteiger charge is 2.25. The standard InChI is InChI=1S/C24H31N5O4/c1-3-26(21-8-5-4-6-9-21)13-7-12-25-24(31)20-10-11-22(23(18-20)29(32)33)28-16-14-27(15-17-28)19(2)30/h4-6,8-11,18H,3,7,12-17H2,1-2H3,(H,25,31). The number of nitrogens with zero attached hydrogens (tertiary/aromatic N) is 4. The number of nitro benzene ring substituents is 1. The van der Waals surface area contributed by atoms with Crippen LogP contribution in [0.2, 0.25) is 0 Å². The summed E-state index contributed by atoms with van der Waals surface area (Å²) >= 11 is 0. The molecule has 1 aliphatic heterocycles. The van der Waals surface area contributed by atoms with Crippen LogP contribution in [0.3, 0.4) is 0 Å². The van der Waals surface area contributed by atoms with E-state index in [0.29, 0.717) is 38.4 Å². The average molecular weight is 454 g/mol. The molecule has 0 saturated carbocycles. The Balaban J connectivity index is 1.58. The second-order valence-corrected chi connectivity index (χ2v) is 7.98. The second-order valence-electron chi connectivity index (χ2n) is 7.98. The van der Waals surface area contributed by atoms with Crippen LogP contribution in [0.5, 0.6) is 0 Å². The summed E-state index contributed by atoms with van der Waals surface area (Å²) in [6.07, 6.45) is 0.759. The molecule has 176 valence electrons. The van der Waals surface area contributed by atoms with Crippen LogP contribution >= 0.6 is 0 Å². The highest BCUT2D eigenvalue weighted by molar-refractivity contribution is 5.95. The zero-order valence-corrected chi connectivity index (χ0v) is 19.2. The Hall–Kier alpha value is -3.62. The Morgan fingerprint density at radius 1 is 1.09 bits per heavy atom. The minimum Gasteiger partial charge on any atom is -0.372 e. The van der Waals surface area contributed by atoms with Crippen LogP contribution in [0.1, 0.15) is 30.6 Å². The molecule has 1 heterocycles. The minimum absolute atomic E-state index is 0.00185. The van der Waals surface area contributed by atoms with Crippen molar-refractivity contribution in [3.63, 3.8) is 0 Å². The van der Waals surface area contributed by atoms with Crippen molar-refractivity contribution in [3.8, 4) is 0 Å². The third kappa shape index (κ3) is 6.21. The summed E-state index contributed by atoms with van der Waals surface area (Å²) in [5.74, 6) is -0.323. The summed E-state index contributed by atoms with van der Waals surface area (Å²) in [7, 11) is 0. The van der Waals surface area contributed by atoms with E-state index in [9.17, 15) is 19.7 Å². The SMILES string of the molecule is CCN(CCCNC(=O)c1ccc(N2CCN(C(C)=O)CC2)c([N+](=O)[O-])c1)c1ccccc1. The number of amides is 2. The molecule has 2 amide bonds. The van der Waals surface area contributed by atoms with E-state index >= 15 is 0 Å². The van der Waals surface area contributed by atoms with Crippen LogP contribution in [0.4, 0.5) is 17.1 Å². The molecular weight excluding hydrogens is 422 g/mol. The number of carbonyl (C=O) groups is 2. The third-order valence-electron chi connectivity index (χ3n) is 5.89. The first-order valence-electron chi connectivity index (χ1n) is 11.3. The van der Waals surface area contributed by atoms with Gasteiger partial charge in [-0.2, -0.15) is 0 Å². The monoisotopic (exact) mass is 453 g/mol. The Bertz CT molecular complexity index is 974. The second kappa shape index (κ2) is 11.3. The first kappa shape index (κ1) is 24.0. The van der Waals surface area contributed by atoms with Gasteiger partial charge in [0.25, 0.3) is 11.6 Å². The van der Waals surface area contributed by atoms with Crippen molar-refractivity contribution in [1.82, 2.24) is 10.2 Å². The van der Waals surface area contributed by atoms with Gasteiger partial charge in [0, 0.05) is 70.1 Å². The summed E-state index contributed by atoms with van der Waals surface area (Å²) in [4.78, 5) is 41.2. The van der Waals surface area contributed by atoms with Gasteiger partial charge in [-0.25, -0.2) is 0 Å². The van der Waals surface area contributed by atoms with Crippen molar-refractivity contribution in [1.29, 1.82) is 0 Å². The minimum atomic E-state index is -0.456. The predicted molar refractivity (Wildman–Crippen MR) is 129 cm³/mol. The summed E-state index contributed by atoms with van der Waals surface area (Å²) in [6, 6.07) is 14.7. The van der Waals surface area contributed by atoms with Crippen LogP contribution in [0.15, 0.2) is 48.5 Å². The molecule has 0 radical (unpaired) electrons. The Kier molecular flexibility index (Phi) is 8.23. The number of benzene rings is 2. The van der Waals surface area contributed by atoms with E-state index in [1.165, 1.54) is 13.0 Å². The summed E-state index contributed by atoms with van der Waals surface area (Å²) in [5, 5.41) is 14.6. The van der Waals surface area contributed by atoms with Gasteiger partial charge in [0.15, 0.2) is 0 Å². The van der Waals surface area contributed by atoms with Crippen LogP contribution in [-0.4, -0.2) is 67.5 Å². The fourth-order valence-corrected chi connectivity index (χ4v) is 4.02. The van der Waals surface area contributed by atoms with E-state index in [4.69, 9.17) is 0 Å². The maximum Gasteiger partial charge on any atom is 0.293 e. The molecule has 1 fully saturated rings. The van der Waals surface area contributed by atoms with E-state index in [0.717, 1.165) is 25.2 Å². The fourth-order valence-electron chi connectivity index (χ4n) is 4.02. The maximum absolute atomic E-state index is 12.6. The van der Waals surface area contributed by atoms with Crippen molar-refractivity contribution in [3.05, 3.63) is 64.2 Å². The lowest BCUT2D eigenvalue weighted by atomic mass is 10.1. The molecule has 0 aromatic heterocycles. The Morgan fingerprint density at radius 2 is 1.79 bits per heavy atom. The Morgan fingerprint density at radius 3 is 2.39 bits per heavy atom. The molecule has 0 atom stereocenters. The van der Waals surface area contributed by atoms with Crippen LogP contribution in [0, 0.1) is 10.1 Å². The smallest absolute Gasteiger partial charge is 0.293 e. The molecule has 1 N–H and O–H groups in total. The van der Waals surface area contributed by atoms with Gasteiger partial charge in [-0.1, -0.05) is 18.2 Å². The van der Waals surface area contributed by atoms with E-state index in [1.807, 2.05) is 23.1 Å². The summed E-state index contributed by atoms with van der Waals surface area (Å²) < 4.78 is 0. The van der Waals surface area contributed by atoms with E-state index in [2.05, 4.69) is 29.3 Å². The number of anilines is 2. The van der Waals surface area contributed by atoms with Crippen LogP contribution < -0.4 is 15.1 Å². The van der Waals surface area contributed by atoms with Gasteiger partial charge in [0.05, 0.1) is 4.92 Å². The molecule has 0 aliphatic carbocycles. The molecular formula is C24H31N5O4. The predicted octanol–water partition coefficient (Wildman–Crippen LogP) is 2.91. The van der Waals surface area contributed by atoms with Gasteiger partial charge >= 0.3 is 0 Å². The molecule has 2 aromatic carbocycles. The lowest BCUT2D eigenvalue weighted by molar-refractivity contribution is -0.384. The lowest BCUT2D eigenvalue weighted by Gasteiger charge is -2.35. The number of para-hydroxylation sites is 1. The van der Waals surface area contributed by atoms with Crippen molar-refractivity contribution in [2.45, 2.75) is 20.3 Å². The molecule has 1 aliphatic rings. The number of nitro groups is 1. The molecule has 9 nitrogen and oxygen atoms in total. The number of rotatable bonds is 9. The first-order valence-corrected chi connectivity index (χ1v) is 11.3. The first-order chi connectivity index (χ1) is 15.9. The normalized spacial score (nSPS) is 13.5. The number of carbonyl (C=O) groups excluding carboxylic acids is 2. The molecule has 33 heavy (non-hydrogen) atoms. The zero-order valence-electron chi connectivity index (χ0n) is 19.2. The van der Waals surface area contributed by atoms with Gasteiger partial charge in [0.2, 0.25) is 5.91 Å². The third-order valence-corrected chi connectivity index (χ3v) is 5.89. The maximum atomic E-state index is 12.6. The van der Waals surface area contributed by atoms with Gasteiger partial charge < -0.3 is 20.0 Å². The van der Waals surface area contributed by atoms with Crippen molar-refractivity contribution >= 4 is 28.9 Å². The molecule has 1 saturated heterocycles. The van der Waals surface area contributed by atoms with Gasteiger partial charge in [-0.15, -0.1) is 0 Å². The van der Waals surface area contributed by atoms with E-state index < -0.39 is 4.92 Å². The Labute approximate surface area is 194 Å². The fraction of sp³-hybridized carbons (Fsp3) is 0.417. The molecule has 0 unspecified atom stereocenters. The summed E-state index contributed by atoms with van der Waals surface area (Å²) in [6.45, 7) is 7.82. The number of hydrogen-bond acceptors (Lipinski definition) is 6. The summed E-state index contributed by atoms with van der Waals surface area (Å²) in [5.41, 5.74) is 1.78. The van der Waals surface area contributed by atoms with Crippen LogP contribution in [-0.2, 0) is 4.79 Å². The lowest BCUT2D eigenvalue weighted by Crippen LogP contribution is -2.48. The van der Waals surface area contributed by atoms with Crippen LogP contribution in [0.25, 0.3) is 0 Å². The van der Waals surface area contributed by atoms with Gasteiger partial charge in [0.1, 0.15) is 5.69 Å². The van der Waals surface area contributed by atoms with E-state index in [1.54, 1.807) is 17.0 Å². The highest BCUT2D eigenvalue weighted by atomic mass is 16.6. The van der Waals surface area contributed by atoms with E-state index in [-0.39, 0.29) is 23.1 Å². The van der Waals surface area contributed by atoms with Gasteiger partial charge in [-0.05, 0) is 37.6 Å². The number of hydrogen-bond donors (Lipinski definition) is 1.